The van der Waals surface area contributed by atoms with Gasteiger partial charge in [0.2, 0.25) is 0 Å². The van der Waals surface area contributed by atoms with Crippen molar-refractivity contribution in [1.29, 1.82) is 0 Å². The number of benzene rings is 2. The van der Waals surface area contributed by atoms with Crippen LogP contribution in [0.25, 0.3) is 0 Å². The van der Waals surface area contributed by atoms with Gasteiger partial charge in [-0.1, -0.05) is 23.7 Å². The first-order valence-electron chi connectivity index (χ1n) is 5.19. The van der Waals surface area contributed by atoms with Gasteiger partial charge in [-0.2, -0.15) is 0 Å². The van der Waals surface area contributed by atoms with Crippen LogP contribution in [-0.4, -0.2) is 5.91 Å². The molecule has 2 rings (SSSR count). The lowest BCUT2D eigenvalue weighted by Gasteiger charge is -2.09. The zero-order chi connectivity index (χ0) is 13.1. The van der Waals surface area contributed by atoms with E-state index in [-0.39, 0.29) is 5.91 Å². The first-order chi connectivity index (χ1) is 8.58. The number of amides is 1. The van der Waals surface area contributed by atoms with E-state index in [1.165, 1.54) is 0 Å². The monoisotopic (exact) mass is 324 g/mol. The second-order valence-electron chi connectivity index (χ2n) is 3.67. The van der Waals surface area contributed by atoms with Gasteiger partial charge in [0.25, 0.3) is 5.91 Å². The molecule has 0 atom stereocenters. The van der Waals surface area contributed by atoms with E-state index in [9.17, 15) is 4.79 Å². The molecule has 5 heteroatoms. The molecule has 18 heavy (non-hydrogen) atoms. The van der Waals surface area contributed by atoms with Gasteiger partial charge in [-0.3, -0.25) is 4.79 Å². The molecule has 0 unspecified atom stereocenters. The number of hydrogen-bond acceptors (Lipinski definition) is 2. The molecule has 0 saturated heterocycles. The molecule has 92 valence electrons. The Morgan fingerprint density at radius 3 is 2.67 bits per heavy atom. The maximum atomic E-state index is 12.1. The van der Waals surface area contributed by atoms with Crippen LogP contribution in [0, 0.1) is 0 Å². The Labute approximate surface area is 118 Å². The number of carbonyl (C=O) groups excluding carboxylic acids is 1. The van der Waals surface area contributed by atoms with Crippen LogP contribution >= 0.6 is 27.5 Å². The Bertz CT molecular complexity index is 601. The van der Waals surface area contributed by atoms with Crippen molar-refractivity contribution < 1.29 is 4.79 Å². The number of nitrogen functional groups attached to an aromatic ring is 1. The fourth-order valence-corrected chi connectivity index (χ4v) is 2.03. The largest absolute Gasteiger partial charge is 0.398 e. The van der Waals surface area contributed by atoms with E-state index in [0.717, 1.165) is 4.47 Å². The summed E-state index contributed by atoms with van der Waals surface area (Å²) in [6.45, 7) is 0. The maximum Gasteiger partial charge on any atom is 0.257 e. The highest BCUT2D eigenvalue weighted by molar-refractivity contribution is 9.10. The molecule has 0 saturated carbocycles. The predicted molar refractivity (Wildman–Crippen MR) is 78.0 cm³/mol. The third-order valence-electron chi connectivity index (χ3n) is 2.38. The molecule has 3 N–H and O–H groups in total. The van der Waals surface area contributed by atoms with Crippen LogP contribution in [0.1, 0.15) is 10.4 Å². The van der Waals surface area contributed by atoms with E-state index in [1.54, 1.807) is 24.3 Å². The minimum atomic E-state index is -0.290. The Hall–Kier alpha value is -1.52. The van der Waals surface area contributed by atoms with Crippen LogP contribution in [0.4, 0.5) is 11.4 Å². The van der Waals surface area contributed by atoms with Crippen molar-refractivity contribution in [1.82, 2.24) is 0 Å². The second-order valence-corrected chi connectivity index (χ2v) is 4.96. The van der Waals surface area contributed by atoms with Crippen LogP contribution in [0.15, 0.2) is 46.9 Å². The summed E-state index contributed by atoms with van der Waals surface area (Å²) in [5.74, 6) is -0.290. The molecule has 2 aromatic carbocycles. The molecule has 0 heterocycles. The van der Waals surface area contributed by atoms with Crippen LogP contribution < -0.4 is 11.1 Å². The topological polar surface area (TPSA) is 55.1 Å². The van der Waals surface area contributed by atoms with Gasteiger partial charge in [-0.25, -0.2) is 0 Å². The summed E-state index contributed by atoms with van der Waals surface area (Å²) >= 11 is 9.21. The summed E-state index contributed by atoms with van der Waals surface area (Å²) in [6, 6.07) is 12.1. The summed E-state index contributed by atoms with van der Waals surface area (Å²) in [6.07, 6.45) is 0. The number of nitrogens with one attached hydrogen (secondary N) is 1. The van der Waals surface area contributed by atoms with E-state index in [1.807, 2.05) is 18.2 Å². The highest BCUT2D eigenvalue weighted by Crippen LogP contribution is 2.24. The van der Waals surface area contributed by atoms with E-state index >= 15 is 0 Å². The number of rotatable bonds is 2. The lowest BCUT2D eigenvalue weighted by molar-refractivity contribution is 0.102. The van der Waals surface area contributed by atoms with Crippen molar-refractivity contribution in [2.24, 2.45) is 0 Å². The second kappa shape index (κ2) is 5.42. The molecule has 0 aliphatic rings. The average Bonchev–Trinajstić information content (AvgIpc) is 2.35. The smallest absolute Gasteiger partial charge is 0.257 e. The van der Waals surface area contributed by atoms with Gasteiger partial charge in [0.1, 0.15) is 0 Å². The van der Waals surface area contributed by atoms with Crippen molar-refractivity contribution in [3.8, 4) is 0 Å². The summed E-state index contributed by atoms with van der Waals surface area (Å²) in [5, 5.41) is 3.24. The average molecular weight is 326 g/mol. The standard InChI is InChI=1S/C13H10BrClN2O/c14-10-3-1-2-4-12(10)17-13(18)9-7-8(15)5-6-11(9)16/h1-7H,16H2,(H,17,18). The van der Waals surface area contributed by atoms with Crippen LogP contribution in [0.3, 0.4) is 0 Å². The van der Waals surface area contributed by atoms with Gasteiger partial charge in [0.15, 0.2) is 0 Å². The van der Waals surface area contributed by atoms with Gasteiger partial charge in [0.05, 0.1) is 11.3 Å². The molecule has 2 aromatic rings. The summed E-state index contributed by atoms with van der Waals surface area (Å²) < 4.78 is 0.805. The molecule has 0 aliphatic carbocycles. The summed E-state index contributed by atoms with van der Waals surface area (Å²) in [7, 11) is 0. The maximum absolute atomic E-state index is 12.1. The molecule has 0 spiro atoms. The number of carbonyl (C=O) groups is 1. The fraction of sp³-hybridized carbons (Fsp3) is 0. The quantitative estimate of drug-likeness (QED) is 0.822. The number of hydrogen-bond donors (Lipinski definition) is 2. The van der Waals surface area contributed by atoms with Gasteiger partial charge in [0, 0.05) is 15.2 Å². The van der Waals surface area contributed by atoms with E-state index < -0.39 is 0 Å². The molecular weight excluding hydrogens is 316 g/mol. The molecule has 0 fully saturated rings. The first-order valence-corrected chi connectivity index (χ1v) is 6.36. The zero-order valence-corrected chi connectivity index (χ0v) is 11.6. The molecule has 0 bridgehead atoms. The normalized spacial score (nSPS) is 10.1. The Morgan fingerprint density at radius 1 is 1.22 bits per heavy atom. The van der Waals surface area contributed by atoms with Gasteiger partial charge in [-0.15, -0.1) is 0 Å². The molecule has 3 nitrogen and oxygen atoms in total. The predicted octanol–water partition coefficient (Wildman–Crippen LogP) is 3.94. The highest BCUT2D eigenvalue weighted by atomic mass is 79.9. The molecule has 0 aromatic heterocycles. The minimum Gasteiger partial charge on any atom is -0.398 e. The lowest BCUT2D eigenvalue weighted by Crippen LogP contribution is -2.14. The fourth-order valence-electron chi connectivity index (χ4n) is 1.48. The Kier molecular flexibility index (Phi) is 3.89. The van der Waals surface area contributed by atoms with Crippen molar-refractivity contribution in [2.45, 2.75) is 0 Å². The van der Waals surface area contributed by atoms with Crippen molar-refractivity contribution in [3.05, 3.63) is 57.5 Å². The van der Waals surface area contributed by atoms with Crippen molar-refractivity contribution in [3.63, 3.8) is 0 Å². The number of para-hydroxylation sites is 1. The SMILES string of the molecule is Nc1ccc(Cl)cc1C(=O)Nc1ccccc1Br. The number of anilines is 2. The Balaban J connectivity index is 2.28. The molecule has 0 aliphatic heterocycles. The summed E-state index contributed by atoms with van der Waals surface area (Å²) in [5.41, 5.74) is 7.19. The minimum absolute atomic E-state index is 0.290. The van der Waals surface area contributed by atoms with Gasteiger partial charge in [-0.05, 0) is 46.3 Å². The Morgan fingerprint density at radius 2 is 1.94 bits per heavy atom. The van der Waals surface area contributed by atoms with E-state index in [2.05, 4.69) is 21.2 Å². The zero-order valence-electron chi connectivity index (χ0n) is 9.28. The number of halogens is 2. The molecule has 0 radical (unpaired) electrons. The van der Waals surface area contributed by atoms with E-state index in [0.29, 0.717) is 22.0 Å². The lowest BCUT2D eigenvalue weighted by atomic mass is 10.1. The van der Waals surface area contributed by atoms with Crippen molar-refractivity contribution >= 4 is 44.8 Å². The highest BCUT2D eigenvalue weighted by Gasteiger charge is 2.11. The molecule has 1 amide bonds. The van der Waals surface area contributed by atoms with Crippen molar-refractivity contribution in [2.75, 3.05) is 11.1 Å². The van der Waals surface area contributed by atoms with Crippen LogP contribution in [0.5, 0.6) is 0 Å². The van der Waals surface area contributed by atoms with Crippen LogP contribution in [0.2, 0.25) is 5.02 Å². The number of nitrogens with two attached hydrogens (primary N) is 1. The van der Waals surface area contributed by atoms with Gasteiger partial charge >= 0.3 is 0 Å². The van der Waals surface area contributed by atoms with E-state index in [4.69, 9.17) is 17.3 Å². The third-order valence-corrected chi connectivity index (χ3v) is 3.31. The first kappa shape index (κ1) is 12.9. The third kappa shape index (κ3) is 2.83. The molecular formula is C13H10BrClN2O. The summed E-state index contributed by atoms with van der Waals surface area (Å²) in [4.78, 5) is 12.1. The van der Waals surface area contributed by atoms with Crippen LogP contribution in [-0.2, 0) is 0 Å². The van der Waals surface area contributed by atoms with Gasteiger partial charge < -0.3 is 11.1 Å².